The van der Waals surface area contributed by atoms with E-state index in [2.05, 4.69) is 0 Å². The molecule has 3 nitrogen and oxygen atoms in total. The van der Waals surface area contributed by atoms with Crippen LogP contribution in [-0.4, -0.2) is 17.1 Å². The molecule has 5 rings (SSSR count). The van der Waals surface area contributed by atoms with E-state index in [1.807, 2.05) is 68.4 Å². The van der Waals surface area contributed by atoms with Crippen molar-refractivity contribution in [3.05, 3.63) is 89.9 Å². The fourth-order valence-electron chi connectivity index (χ4n) is 3.94. The Bertz CT molecular complexity index is 1590. The maximum Gasteiger partial charge on any atom is 0.127 e. The zero-order valence-electron chi connectivity index (χ0n) is 21.0. The molecule has 0 radical (unpaired) electrons. The van der Waals surface area contributed by atoms with Crippen molar-refractivity contribution in [3.8, 4) is 28.3 Å². The molecular weight excluding hydrogens is 368 g/mol. The van der Waals surface area contributed by atoms with Crippen LogP contribution in [0.1, 0.15) is 16.6 Å². The molecule has 1 aromatic heterocycles. The Morgan fingerprint density at radius 3 is 2.17 bits per heavy atom. The molecule has 0 aliphatic rings. The van der Waals surface area contributed by atoms with Crippen molar-refractivity contribution < 1.29 is 10.2 Å². The lowest BCUT2D eigenvalue weighted by molar-refractivity contribution is 0.420. The minimum atomic E-state index is -0.325. The first-order valence-corrected chi connectivity index (χ1v) is 9.73. The van der Waals surface area contributed by atoms with Crippen LogP contribution in [0, 0.1) is 13.8 Å². The number of aryl methyl sites for hydroxylation is 2. The van der Waals surface area contributed by atoms with Gasteiger partial charge in [-0.2, -0.15) is 0 Å². The fourth-order valence-corrected chi connectivity index (χ4v) is 3.94. The van der Waals surface area contributed by atoms with Gasteiger partial charge in [0, 0.05) is 16.5 Å². The number of fused-ring (bicyclic) bond motifs is 2. The smallest absolute Gasteiger partial charge is 0.127 e. The number of ether oxygens (including phenoxy) is 1. The van der Waals surface area contributed by atoms with Crippen LogP contribution in [0.2, 0.25) is 0 Å². The third-order valence-corrected chi connectivity index (χ3v) is 5.36. The third kappa shape index (κ3) is 3.00. The van der Waals surface area contributed by atoms with Gasteiger partial charge in [-0.05, 0) is 54.6 Å². The van der Waals surface area contributed by atoms with Crippen LogP contribution in [0.15, 0.2) is 78.8 Å². The standard InChI is InChI=1S/C27H22N2O/c1-17-9-8-10-18(2)25(17)27-26(28-22-13-6-7-14-23(22)29-27)20-15-19-11-4-5-12-21(19)24(16-20)30-3/h4-16H,1-3H3/i6D,7D,13D,14D. The average molecular weight is 395 g/mol. The largest absolute Gasteiger partial charge is 0.496 e. The fraction of sp³-hybridized carbons (Fsp3) is 0.111. The highest BCUT2D eigenvalue weighted by molar-refractivity contribution is 5.95. The average Bonchev–Trinajstić information content (AvgIpc) is 2.85. The Kier molecular flexibility index (Phi) is 3.46. The first-order chi connectivity index (χ1) is 16.3. The van der Waals surface area contributed by atoms with Crippen molar-refractivity contribution in [1.29, 1.82) is 0 Å². The number of rotatable bonds is 3. The summed E-state index contributed by atoms with van der Waals surface area (Å²) in [5, 5.41) is 1.94. The van der Waals surface area contributed by atoms with Gasteiger partial charge < -0.3 is 4.74 Å². The zero-order valence-corrected chi connectivity index (χ0v) is 17.0. The summed E-state index contributed by atoms with van der Waals surface area (Å²) in [6.07, 6.45) is 0. The van der Waals surface area contributed by atoms with Crippen LogP contribution in [-0.2, 0) is 0 Å². The SMILES string of the molecule is [2H]c1c([2H])c([2H])c2nc(-c3c(C)cccc3C)c(-c3cc(OC)c4ccccc4c3)nc2c1[2H]. The van der Waals surface area contributed by atoms with Gasteiger partial charge in [0.05, 0.1) is 35.0 Å². The van der Waals surface area contributed by atoms with E-state index < -0.39 is 0 Å². The zero-order chi connectivity index (χ0) is 24.1. The molecule has 30 heavy (non-hydrogen) atoms. The second-order valence-electron chi connectivity index (χ2n) is 7.28. The molecule has 0 atom stereocenters. The summed E-state index contributed by atoms with van der Waals surface area (Å²) in [4.78, 5) is 9.65. The summed E-state index contributed by atoms with van der Waals surface area (Å²) in [5.74, 6) is 0.692. The van der Waals surface area contributed by atoms with Crippen LogP contribution < -0.4 is 4.74 Å². The molecule has 0 N–H and O–H groups in total. The molecular formula is C27H22N2O. The van der Waals surface area contributed by atoms with Crippen LogP contribution in [0.4, 0.5) is 0 Å². The van der Waals surface area contributed by atoms with E-state index in [-0.39, 0.29) is 35.2 Å². The molecule has 0 fully saturated rings. The van der Waals surface area contributed by atoms with E-state index >= 15 is 0 Å². The second-order valence-corrected chi connectivity index (χ2v) is 7.28. The first kappa shape index (κ1) is 14.3. The van der Waals surface area contributed by atoms with Crippen molar-refractivity contribution in [2.45, 2.75) is 13.8 Å². The van der Waals surface area contributed by atoms with Crippen LogP contribution in [0.3, 0.4) is 0 Å². The molecule has 0 bridgehead atoms. The maximum absolute atomic E-state index is 8.44. The molecule has 0 spiro atoms. The van der Waals surface area contributed by atoms with Crippen LogP contribution >= 0.6 is 0 Å². The lowest BCUT2D eigenvalue weighted by Crippen LogP contribution is -1.99. The molecule has 0 aliphatic carbocycles. The van der Waals surface area contributed by atoms with E-state index in [0.717, 1.165) is 33.0 Å². The van der Waals surface area contributed by atoms with Gasteiger partial charge in [0.2, 0.25) is 0 Å². The summed E-state index contributed by atoms with van der Waals surface area (Å²) in [6.45, 7) is 4.00. The number of hydrogen-bond donors (Lipinski definition) is 0. The Labute approximate surface area is 181 Å². The third-order valence-electron chi connectivity index (χ3n) is 5.36. The lowest BCUT2D eigenvalue weighted by Gasteiger charge is -2.16. The van der Waals surface area contributed by atoms with E-state index in [4.69, 9.17) is 20.2 Å². The molecule has 3 heteroatoms. The minimum absolute atomic E-state index is 0.142. The molecule has 0 aliphatic heterocycles. The normalized spacial score (nSPS) is 13.0. The number of hydrogen-bond acceptors (Lipinski definition) is 3. The van der Waals surface area contributed by atoms with Gasteiger partial charge in [-0.25, -0.2) is 9.97 Å². The Balaban J connectivity index is 1.96. The van der Waals surface area contributed by atoms with Gasteiger partial charge in [0.1, 0.15) is 5.75 Å². The highest BCUT2D eigenvalue weighted by Gasteiger charge is 2.18. The van der Waals surface area contributed by atoms with Crippen molar-refractivity contribution in [2.75, 3.05) is 7.11 Å². The van der Waals surface area contributed by atoms with Crippen molar-refractivity contribution in [1.82, 2.24) is 9.97 Å². The number of para-hydroxylation sites is 2. The highest BCUT2D eigenvalue weighted by atomic mass is 16.5. The Hall–Kier alpha value is -3.72. The molecule has 1 heterocycles. The lowest BCUT2D eigenvalue weighted by atomic mass is 9.95. The number of methoxy groups -OCH3 is 1. The van der Waals surface area contributed by atoms with Gasteiger partial charge in [-0.1, -0.05) is 54.5 Å². The number of nitrogens with zero attached hydrogens (tertiary/aromatic N) is 2. The summed E-state index contributed by atoms with van der Waals surface area (Å²) < 4.78 is 38.8. The summed E-state index contributed by atoms with van der Waals surface area (Å²) >= 11 is 0. The van der Waals surface area contributed by atoms with Gasteiger partial charge in [0.15, 0.2) is 0 Å². The number of benzene rings is 4. The van der Waals surface area contributed by atoms with Crippen molar-refractivity contribution in [2.24, 2.45) is 0 Å². The van der Waals surface area contributed by atoms with E-state index in [0.29, 0.717) is 17.1 Å². The Morgan fingerprint density at radius 1 is 0.800 bits per heavy atom. The Morgan fingerprint density at radius 2 is 1.47 bits per heavy atom. The van der Waals surface area contributed by atoms with E-state index in [1.54, 1.807) is 7.11 Å². The summed E-state index contributed by atoms with van der Waals surface area (Å²) in [7, 11) is 1.63. The predicted octanol–water partition coefficient (Wildman–Crippen LogP) is 6.74. The highest BCUT2D eigenvalue weighted by Crippen LogP contribution is 2.38. The molecule has 0 unspecified atom stereocenters. The molecule has 146 valence electrons. The van der Waals surface area contributed by atoms with Gasteiger partial charge in [-0.15, -0.1) is 0 Å². The quantitative estimate of drug-likeness (QED) is 0.340. The molecule has 5 aromatic rings. The summed E-state index contributed by atoms with van der Waals surface area (Å²) in [6, 6.07) is 16.8. The summed E-state index contributed by atoms with van der Waals surface area (Å²) in [5.41, 5.74) is 5.07. The molecule has 0 saturated carbocycles. The van der Waals surface area contributed by atoms with E-state index in [9.17, 15) is 0 Å². The van der Waals surface area contributed by atoms with Gasteiger partial charge >= 0.3 is 0 Å². The predicted molar refractivity (Wildman–Crippen MR) is 124 cm³/mol. The minimum Gasteiger partial charge on any atom is -0.496 e. The van der Waals surface area contributed by atoms with Gasteiger partial charge in [0.25, 0.3) is 0 Å². The molecule has 4 aromatic carbocycles. The second kappa shape index (κ2) is 7.27. The monoisotopic (exact) mass is 394 g/mol. The maximum atomic E-state index is 8.44. The van der Waals surface area contributed by atoms with Crippen LogP contribution in [0.25, 0.3) is 44.3 Å². The van der Waals surface area contributed by atoms with Gasteiger partial charge in [-0.3, -0.25) is 0 Å². The molecule has 0 saturated heterocycles. The van der Waals surface area contributed by atoms with E-state index in [1.165, 1.54) is 0 Å². The van der Waals surface area contributed by atoms with Crippen molar-refractivity contribution in [3.63, 3.8) is 0 Å². The van der Waals surface area contributed by atoms with Crippen molar-refractivity contribution >= 4 is 21.8 Å². The first-order valence-electron chi connectivity index (χ1n) is 11.7. The number of aromatic nitrogens is 2. The molecule has 0 amide bonds. The van der Waals surface area contributed by atoms with Crippen LogP contribution in [0.5, 0.6) is 5.75 Å². The topological polar surface area (TPSA) is 35.0 Å².